The van der Waals surface area contributed by atoms with E-state index in [0.29, 0.717) is 17.2 Å². The van der Waals surface area contributed by atoms with Gasteiger partial charge in [0.15, 0.2) is 8.32 Å². The molecule has 21 heavy (non-hydrogen) atoms. The topological polar surface area (TPSA) is 61.8 Å². The van der Waals surface area contributed by atoms with Gasteiger partial charge >= 0.3 is 11.9 Å². The maximum atomic E-state index is 11.6. The first-order valence-corrected chi connectivity index (χ1v) is 11.8. The Morgan fingerprint density at radius 2 is 1.62 bits per heavy atom. The first kappa shape index (κ1) is 19.8. The second-order valence-electron chi connectivity index (χ2n) is 5.94. The third-order valence-electron chi connectivity index (χ3n) is 2.35. The van der Waals surface area contributed by atoms with Crippen molar-refractivity contribution in [3.05, 3.63) is 24.3 Å². The van der Waals surface area contributed by atoms with Crippen LogP contribution >= 0.6 is 0 Å². The second kappa shape index (κ2) is 8.96. The molecule has 0 saturated heterocycles. The van der Waals surface area contributed by atoms with Crippen molar-refractivity contribution in [2.45, 2.75) is 45.6 Å². The van der Waals surface area contributed by atoms with Crippen molar-refractivity contribution >= 4 is 30.0 Å². The van der Waals surface area contributed by atoms with Crippen molar-refractivity contribution in [2.75, 3.05) is 6.61 Å². The van der Waals surface area contributed by atoms with Crippen LogP contribution < -0.4 is 0 Å². The number of rotatable bonds is 9. The van der Waals surface area contributed by atoms with Crippen LogP contribution in [-0.2, 0) is 23.2 Å². The standard InChI is InChI=1S/C14H26O5Si2/c1-10(2)13(15)17-8-12(18-14(16)11(3)4)9-20-19-21(5,6)7/h12H,1,3,8-9,20H2,2,4-7H3. The first-order valence-electron chi connectivity index (χ1n) is 6.86. The molecule has 0 aromatic rings. The van der Waals surface area contributed by atoms with Gasteiger partial charge in [-0.2, -0.15) is 0 Å². The predicted molar refractivity (Wildman–Crippen MR) is 88.2 cm³/mol. The van der Waals surface area contributed by atoms with Crippen LogP contribution in [0, 0.1) is 0 Å². The highest BCUT2D eigenvalue weighted by Crippen LogP contribution is 2.09. The van der Waals surface area contributed by atoms with Crippen molar-refractivity contribution in [3.8, 4) is 0 Å². The lowest BCUT2D eigenvalue weighted by Gasteiger charge is -2.21. The van der Waals surface area contributed by atoms with Gasteiger partial charge in [-0.3, -0.25) is 0 Å². The molecule has 0 aromatic carbocycles. The van der Waals surface area contributed by atoms with Gasteiger partial charge in [-0.25, -0.2) is 9.59 Å². The highest BCUT2D eigenvalue weighted by Gasteiger charge is 2.20. The van der Waals surface area contributed by atoms with Crippen molar-refractivity contribution in [1.29, 1.82) is 0 Å². The van der Waals surface area contributed by atoms with Gasteiger partial charge < -0.3 is 13.6 Å². The number of hydrogen-bond donors (Lipinski definition) is 0. The molecule has 120 valence electrons. The summed E-state index contributed by atoms with van der Waals surface area (Å²) in [6, 6.07) is 0.604. The van der Waals surface area contributed by atoms with Crippen molar-refractivity contribution < 1.29 is 23.2 Å². The average Bonchev–Trinajstić information content (AvgIpc) is 2.33. The molecule has 0 aliphatic heterocycles. The monoisotopic (exact) mass is 330 g/mol. The van der Waals surface area contributed by atoms with E-state index in [1.807, 2.05) is 0 Å². The van der Waals surface area contributed by atoms with E-state index in [0.717, 1.165) is 0 Å². The molecule has 0 aliphatic carbocycles. The molecule has 0 spiro atoms. The van der Waals surface area contributed by atoms with E-state index in [1.165, 1.54) is 0 Å². The molecule has 1 unspecified atom stereocenters. The Kier molecular flexibility index (Phi) is 8.45. The fourth-order valence-electron chi connectivity index (χ4n) is 1.22. The van der Waals surface area contributed by atoms with Gasteiger partial charge in [-0.15, -0.1) is 0 Å². The summed E-state index contributed by atoms with van der Waals surface area (Å²) in [6.45, 7) is 16.5. The Morgan fingerprint density at radius 3 is 2.05 bits per heavy atom. The van der Waals surface area contributed by atoms with Gasteiger partial charge in [-0.05, 0) is 33.5 Å². The van der Waals surface area contributed by atoms with Gasteiger partial charge in [-0.1, -0.05) is 13.2 Å². The van der Waals surface area contributed by atoms with Crippen molar-refractivity contribution in [2.24, 2.45) is 0 Å². The molecule has 0 rings (SSSR count). The van der Waals surface area contributed by atoms with Gasteiger partial charge in [0, 0.05) is 17.2 Å². The van der Waals surface area contributed by atoms with Gasteiger partial charge in [0.25, 0.3) is 0 Å². The molecule has 0 aromatic heterocycles. The number of carbonyl (C=O) groups is 2. The maximum absolute atomic E-state index is 11.6. The molecule has 0 amide bonds. The summed E-state index contributed by atoms with van der Waals surface area (Å²) in [5, 5.41) is 0. The Bertz CT molecular complexity index is 412. The summed E-state index contributed by atoms with van der Waals surface area (Å²) in [5.74, 6) is -0.965. The van der Waals surface area contributed by atoms with Gasteiger partial charge in [0.2, 0.25) is 0 Å². The smallest absolute Gasteiger partial charge is 0.333 e. The minimum Gasteiger partial charge on any atom is -0.460 e. The summed E-state index contributed by atoms with van der Waals surface area (Å²) >= 11 is 0. The molecule has 0 N–H and O–H groups in total. The van der Waals surface area contributed by atoms with E-state index in [-0.39, 0.29) is 6.61 Å². The quantitative estimate of drug-likeness (QED) is 0.367. The first-order chi connectivity index (χ1) is 9.53. The third-order valence-corrected chi connectivity index (χ3v) is 7.51. The zero-order valence-electron chi connectivity index (χ0n) is 13.7. The highest BCUT2D eigenvalue weighted by molar-refractivity contribution is 6.73. The fraction of sp³-hybridized carbons (Fsp3) is 0.571. The SMILES string of the molecule is C=C(C)C(=O)OCC(C[SiH2]O[Si](C)(C)C)OC(=O)C(=C)C. The van der Waals surface area contributed by atoms with Crippen LogP contribution in [-0.4, -0.2) is 42.7 Å². The van der Waals surface area contributed by atoms with E-state index in [1.54, 1.807) is 13.8 Å². The van der Waals surface area contributed by atoms with Crippen LogP contribution in [0.25, 0.3) is 0 Å². The van der Waals surface area contributed by atoms with E-state index in [9.17, 15) is 9.59 Å². The molecular weight excluding hydrogens is 304 g/mol. The maximum Gasteiger partial charge on any atom is 0.333 e. The Labute approximate surface area is 130 Å². The van der Waals surface area contributed by atoms with Crippen LogP contribution in [0.1, 0.15) is 13.8 Å². The lowest BCUT2D eigenvalue weighted by Crippen LogP contribution is -2.32. The molecule has 7 heteroatoms. The average molecular weight is 331 g/mol. The predicted octanol–water partition coefficient (Wildman–Crippen LogP) is 1.95. The minimum absolute atomic E-state index is 0.0206. The second-order valence-corrected chi connectivity index (χ2v) is 12.3. The molecule has 0 aliphatic rings. The van der Waals surface area contributed by atoms with Crippen LogP contribution in [0.3, 0.4) is 0 Å². The molecule has 0 bridgehead atoms. The third kappa shape index (κ3) is 10.2. The van der Waals surface area contributed by atoms with E-state index in [4.69, 9.17) is 13.6 Å². The summed E-state index contributed by atoms with van der Waals surface area (Å²) in [5.41, 5.74) is 0.634. The Balaban J connectivity index is 4.47. The van der Waals surface area contributed by atoms with Crippen molar-refractivity contribution in [1.82, 2.24) is 0 Å². The largest absolute Gasteiger partial charge is 0.460 e. The van der Waals surface area contributed by atoms with Gasteiger partial charge in [0.05, 0.1) is 0 Å². The molecule has 5 nitrogen and oxygen atoms in total. The summed E-state index contributed by atoms with van der Waals surface area (Å²) in [7, 11) is -2.40. The lowest BCUT2D eigenvalue weighted by atomic mass is 10.3. The zero-order valence-corrected chi connectivity index (χ0v) is 16.1. The van der Waals surface area contributed by atoms with Crippen molar-refractivity contribution in [3.63, 3.8) is 0 Å². The normalized spacial score (nSPS) is 13.0. The van der Waals surface area contributed by atoms with Crippen LogP contribution in [0.15, 0.2) is 24.3 Å². The number of hydrogen-bond acceptors (Lipinski definition) is 5. The number of esters is 2. The van der Waals surface area contributed by atoms with E-state index < -0.39 is 36.1 Å². The Hall–Kier alpha value is -1.19. The lowest BCUT2D eigenvalue weighted by molar-refractivity contribution is -0.152. The van der Waals surface area contributed by atoms with Crippen LogP contribution in [0.5, 0.6) is 0 Å². The van der Waals surface area contributed by atoms with E-state index >= 15 is 0 Å². The summed E-state index contributed by atoms with van der Waals surface area (Å²) < 4.78 is 16.2. The molecule has 0 radical (unpaired) electrons. The summed E-state index contributed by atoms with van der Waals surface area (Å²) in [4.78, 5) is 23.0. The molecule has 0 heterocycles. The molecule has 0 saturated carbocycles. The molecule has 1 atom stereocenters. The zero-order chi connectivity index (χ0) is 16.6. The summed E-state index contributed by atoms with van der Waals surface area (Å²) in [6.07, 6.45) is -0.486. The number of ether oxygens (including phenoxy) is 2. The highest BCUT2D eigenvalue weighted by atomic mass is 28.4. The molecular formula is C14H26O5Si2. The minimum atomic E-state index is -1.57. The molecule has 0 fully saturated rings. The number of carbonyl (C=O) groups excluding carboxylic acids is 2. The van der Waals surface area contributed by atoms with Crippen LogP contribution in [0.4, 0.5) is 0 Å². The van der Waals surface area contributed by atoms with Crippen LogP contribution in [0.2, 0.25) is 25.7 Å². The van der Waals surface area contributed by atoms with E-state index in [2.05, 4.69) is 32.8 Å². The van der Waals surface area contributed by atoms with Gasteiger partial charge in [0.1, 0.15) is 22.5 Å². The Morgan fingerprint density at radius 1 is 1.10 bits per heavy atom. The fourth-order valence-corrected chi connectivity index (χ4v) is 4.68.